The van der Waals surface area contributed by atoms with E-state index >= 15 is 0 Å². The lowest BCUT2D eigenvalue weighted by atomic mass is 9.93. The molecule has 1 N–H and O–H groups in total. The number of hydrogen-bond donors (Lipinski definition) is 1. The molecule has 2 aromatic rings. The molecule has 0 fully saturated rings. The monoisotopic (exact) mass is 370 g/mol. The van der Waals surface area contributed by atoms with Crippen molar-refractivity contribution in [1.29, 1.82) is 0 Å². The highest BCUT2D eigenvalue weighted by atomic mass is 79.9. The largest absolute Gasteiger partial charge is 0.313 e. The molecule has 0 saturated heterocycles. The van der Waals surface area contributed by atoms with E-state index in [0.29, 0.717) is 0 Å². The topological polar surface area (TPSA) is 24.9 Å². The van der Waals surface area contributed by atoms with Crippen LogP contribution in [0.1, 0.15) is 43.1 Å². The number of rotatable bonds is 4. The third kappa shape index (κ3) is 4.11. The van der Waals surface area contributed by atoms with Crippen LogP contribution in [0.15, 0.2) is 28.1 Å². The van der Waals surface area contributed by atoms with Crippen molar-refractivity contribution in [3.63, 3.8) is 0 Å². The zero-order chi connectivity index (χ0) is 15.6. The fraction of sp³-hybridized carbons (Fsp3) is 0.438. The molecule has 2 nitrogen and oxygen atoms in total. The first kappa shape index (κ1) is 16.6. The average Bonchev–Trinajstić information content (AvgIpc) is 2.85. The lowest BCUT2D eigenvalue weighted by molar-refractivity contribution is 0.558. The van der Waals surface area contributed by atoms with E-state index in [9.17, 15) is 4.39 Å². The highest BCUT2D eigenvalue weighted by molar-refractivity contribution is 9.10. The van der Waals surface area contributed by atoms with Gasteiger partial charge >= 0.3 is 0 Å². The number of nitrogens with one attached hydrogen (secondary N) is 1. The maximum atomic E-state index is 13.2. The summed E-state index contributed by atoms with van der Waals surface area (Å²) in [5.74, 6) is -0.232. The van der Waals surface area contributed by atoms with Crippen LogP contribution in [0.5, 0.6) is 0 Å². The van der Waals surface area contributed by atoms with Gasteiger partial charge in [-0.05, 0) is 24.7 Å². The smallest absolute Gasteiger partial charge is 0.124 e. The number of benzene rings is 1. The number of hydrogen-bond acceptors (Lipinski definition) is 3. The summed E-state index contributed by atoms with van der Waals surface area (Å²) in [5, 5.41) is 6.51. The molecule has 1 heterocycles. The maximum absolute atomic E-state index is 13.2. The van der Waals surface area contributed by atoms with Crippen molar-refractivity contribution in [3.8, 4) is 0 Å². The van der Waals surface area contributed by atoms with Gasteiger partial charge in [0, 0.05) is 27.7 Å². The molecule has 1 aromatic carbocycles. The van der Waals surface area contributed by atoms with Gasteiger partial charge in [0.05, 0.1) is 10.7 Å². The number of halogens is 2. The summed E-state index contributed by atoms with van der Waals surface area (Å²) in [5.41, 5.74) is 2.24. The van der Waals surface area contributed by atoms with E-state index in [1.807, 2.05) is 13.1 Å². The molecule has 1 unspecified atom stereocenters. The summed E-state index contributed by atoms with van der Waals surface area (Å²) in [6.07, 6.45) is 0.793. The highest BCUT2D eigenvalue weighted by Crippen LogP contribution is 2.29. The summed E-state index contributed by atoms with van der Waals surface area (Å²) in [6, 6.07) is 4.92. The molecule has 0 aliphatic rings. The van der Waals surface area contributed by atoms with Gasteiger partial charge < -0.3 is 5.32 Å². The minimum Gasteiger partial charge on any atom is -0.313 e. The normalized spacial score (nSPS) is 13.4. The predicted octanol–water partition coefficient (Wildman–Crippen LogP) is 4.85. The van der Waals surface area contributed by atoms with E-state index < -0.39 is 0 Å². The molecule has 5 heteroatoms. The molecule has 0 aliphatic carbocycles. The lowest BCUT2D eigenvalue weighted by Gasteiger charge is -2.17. The minimum atomic E-state index is -0.232. The van der Waals surface area contributed by atoms with E-state index in [1.165, 1.54) is 12.1 Å². The van der Waals surface area contributed by atoms with Crippen molar-refractivity contribution in [1.82, 2.24) is 10.3 Å². The second-order valence-corrected chi connectivity index (χ2v) is 7.88. The van der Waals surface area contributed by atoms with E-state index in [1.54, 1.807) is 11.3 Å². The van der Waals surface area contributed by atoms with Crippen LogP contribution in [0.3, 0.4) is 0 Å². The fourth-order valence-electron chi connectivity index (χ4n) is 2.08. The molecule has 1 atom stereocenters. The SMILES string of the molecule is CNC(Cc1nc(C(C)(C)C)cs1)c1ccc(F)cc1Br. The van der Waals surface area contributed by atoms with E-state index in [2.05, 4.69) is 47.4 Å². The quantitative estimate of drug-likeness (QED) is 0.832. The van der Waals surface area contributed by atoms with Crippen LogP contribution in [0.4, 0.5) is 4.39 Å². The Morgan fingerprint density at radius 1 is 1.38 bits per heavy atom. The summed E-state index contributed by atoms with van der Waals surface area (Å²) in [6.45, 7) is 6.49. The van der Waals surface area contributed by atoms with Crippen LogP contribution < -0.4 is 5.32 Å². The van der Waals surface area contributed by atoms with Crippen molar-refractivity contribution in [3.05, 3.63) is 50.1 Å². The van der Waals surface area contributed by atoms with Gasteiger partial charge in [-0.3, -0.25) is 0 Å². The van der Waals surface area contributed by atoms with Gasteiger partial charge in [-0.25, -0.2) is 9.37 Å². The van der Waals surface area contributed by atoms with Gasteiger partial charge in [-0.2, -0.15) is 0 Å². The Labute approximate surface area is 137 Å². The van der Waals surface area contributed by atoms with Crippen LogP contribution in [-0.4, -0.2) is 12.0 Å². The number of aromatic nitrogens is 1. The summed E-state index contributed by atoms with van der Waals surface area (Å²) in [4.78, 5) is 4.73. The third-order valence-electron chi connectivity index (χ3n) is 3.39. The molecule has 0 amide bonds. The van der Waals surface area contributed by atoms with E-state index in [4.69, 9.17) is 4.98 Å². The molecule has 0 saturated carbocycles. The number of nitrogens with zero attached hydrogens (tertiary/aromatic N) is 1. The van der Waals surface area contributed by atoms with Crippen LogP contribution >= 0.6 is 27.3 Å². The summed E-state index contributed by atoms with van der Waals surface area (Å²) in [7, 11) is 1.92. The molecule has 0 spiro atoms. The van der Waals surface area contributed by atoms with Gasteiger partial charge in [-0.15, -0.1) is 11.3 Å². The van der Waals surface area contributed by atoms with Crippen molar-refractivity contribution in [2.24, 2.45) is 0 Å². The van der Waals surface area contributed by atoms with Crippen molar-refractivity contribution in [2.45, 2.75) is 38.6 Å². The molecular formula is C16H20BrFN2S. The lowest BCUT2D eigenvalue weighted by Crippen LogP contribution is -2.19. The second-order valence-electron chi connectivity index (χ2n) is 6.09. The first-order chi connectivity index (χ1) is 9.81. The minimum absolute atomic E-state index is 0.0698. The Morgan fingerprint density at radius 3 is 2.62 bits per heavy atom. The van der Waals surface area contributed by atoms with Crippen molar-refractivity contribution < 1.29 is 4.39 Å². The summed E-state index contributed by atoms with van der Waals surface area (Å²) >= 11 is 5.13. The summed E-state index contributed by atoms with van der Waals surface area (Å²) < 4.78 is 14.0. The first-order valence-corrected chi connectivity index (χ1v) is 8.55. The second kappa shape index (κ2) is 6.55. The Kier molecular flexibility index (Phi) is 5.17. The Balaban J connectivity index is 2.21. The van der Waals surface area contributed by atoms with Crippen molar-refractivity contribution in [2.75, 3.05) is 7.05 Å². The van der Waals surface area contributed by atoms with E-state index in [0.717, 1.165) is 27.2 Å². The molecular weight excluding hydrogens is 351 g/mol. The third-order valence-corrected chi connectivity index (χ3v) is 4.94. The maximum Gasteiger partial charge on any atom is 0.124 e. The molecule has 21 heavy (non-hydrogen) atoms. The van der Waals surface area contributed by atoms with Gasteiger partial charge in [0.15, 0.2) is 0 Å². The van der Waals surface area contributed by atoms with Crippen LogP contribution in [-0.2, 0) is 11.8 Å². The van der Waals surface area contributed by atoms with Gasteiger partial charge in [0.25, 0.3) is 0 Å². The molecule has 0 aliphatic heterocycles. The Morgan fingerprint density at radius 2 is 2.10 bits per heavy atom. The average molecular weight is 371 g/mol. The van der Waals surface area contributed by atoms with Gasteiger partial charge in [0.2, 0.25) is 0 Å². The van der Waals surface area contributed by atoms with Crippen LogP contribution in [0, 0.1) is 5.82 Å². The zero-order valence-corrected chi connectivity index (χ0v) is 15.1. The van der Waals surface area contributed by atoms with Crippen LogP contribution in [0.25, 0.3) is 0 Å². The molecule has 0 bridgehead atoms. The number of thiazole rings is 1. The van der Waals surface area contributed by atoms with Gasteiger partial charge in [0.1, 0.15) is 5.82 Å². The molecule has 0 radical (unpaired) electrons. The number of likely N-dealkylation sites (N-methyl/N-ethyl adjacent to an activating group) is 1. The van der Waals surface area contributed by atoms with Gasteiger partial charge in [-0.1, -0.05) is 42.8 Å². The fourth-order valence-corrected chi connectivity index (χ4v) is 3.77. The van der Waals surface area contributed by atoms with Crippen molar-refractivity contribution >= 4 is 27.3 Å². The molecule has 2 rings (SSSR count). The highest BCUT2D eigenvalue weighted by Gasteiger charge is 2.20. The predicted molar refractivity (Wildman–Crippen MR) is 90.4 cm³/mol. The standard InChI is InChI=1S/C16H20BrFN2S/c1-16(2,3)14-9-21-15(20-14)8-13(19-4)11-6-5-10(18)7-12(11)17/h5-7,9,13,19H,8H2,1-4H3. The molecule has 114 valence electrons. The zero-order valence-electron chi connectivity index (χ0n) is 12.7. The van der Waals surface area contributed by atoms with E-state index in [-0.39, 0.29) is 17.3 Å². The molecule has 1 aromatic heterocycles. The van der Waals surface area contributed by atoms with Crippen LogP contribution in [0.2, 0.25) is 0 Å². The Hall–Kier alpha value is -0.780. The first-order valence-electron chi connectivity index (χ1n) is 6.88. The Bertz CT molecular complexity index is 619.